The number of thiazole rings is 1. The maximum Gasteiger partial charge on any atom is 0.419 e. The van der Waals surface area contributed by atoms with E-state index in [1.807, 2.05) is 0 Å². The van der Waals surface area contributed by atoms with Crippen molar-refractivity contribution < 1.29 is 23.1 Å². The molecule has 4 rings (SSSR count). The van der Waals surface area contributed by atoms with E-state index >= 15 is 0 Å². The van der Waals surface area contributed by atoms with Crippen LogP contribution in [0.4, 0.5) is 15.2 Å². The number of amides is 1. The van der Waals surface area contributed by atoms with Crippen molar-refractivity contribution in [2.24, 2.45) is 0 Å². The van der Waals surface area contributed by atoms with E-state index in [0.717, 1.165) is 11.3 Å². The van der Waals surface area contributed by atoms with Gasteiger partial charge in [0, 0.05) is 18.8 Å². The smallest absolute Gasteiger partial charge is 0.419 e. The first-order chi connectivity index (χ1) is 15.4. The first-order valence-corrected chi connectivity index (χ1v) is 10.6. The number of carbonyl (C=O) groups excluding carboxylic acids is 2. The molecule has 164 valence electrons. The minimum Gasteiger partial charge on any atom is -0.459 e. The van der Waals surface area contributed by atoms with Crippen molar-refractivity contribution in [3.05, 3.63) is 76.0 Å². The summed E-state index contributed by atoms with van der Waals surface area (Å²) in [6, 6.07) is 12.8. The molecule has 0 bridgehead atoms. The number of para-hydroxylation sites is 3. The number of hydrogen-bond acceptors (Lipinski definition) is 7. The van der Waals surface area contributed by atoms with Gasteiger partial charge in [0.15, 0.2) is 10.7 Å². The van der Waals surface area contributed by atoms with Gasteiger partial charge in [-0.2, -0.15) is 0 Å². The summed E-state index contributed by atoms with van der Waals surface area (Å²) < 4.78 is 25.9. The van der Waals surface area contributed by atoms with E-state index < -0.39 is 23.4 Å². The zero-order valence-corrected chi connectivity index (χ0v) is 17.8. The van der Waals surface area contributed by atoms with Crippen molar-refractivity contribution in [2.75, 3.05) is 4.90 Å². The van der Waals surface area contributed by atoms with Gasteiger partial charge in [-0.3, -0.25) is 19.1 Å². The molecule has 4 aromatic rings. The Balaban J connectivity index is 1.39. The topological polar surface area (TPSA) is 94.6 Å². The van der Waals surface area contributed by atoms with Crippen molar-refractivity contribution >= 4 is 45.1 Å². The van der Waals surface area contributed by atoms with Crippen LogP contribution in [0.3, 0.4) is 0 Å². The zero-order valence-electron chi connectivity index (χ0n) is 17.0. The summed E-state index contributed by atoms with van der Waals surface area (Å²) in [6.07, 6.45) is -0.0325. The van der Waals surface area contributed by atoms with Crippen molar-refractivity contribution in [3.63, 3.8) is 0 Å². The monoisotopic (exact) mass is 455 g/mol. The normalized spacial score (nSPS) is 10.9. The van der Waals surface area contributed by atoms with Crippen LogP contribution >= 0.6 is 11.3 Å². The molecule has 0 saturated carbocycles. The lowest BCUT2D eigenvalue weighted by atomic mass is 10.3. The number of benzene rings is 2. The number of esters is 1. The molecule has 0 radical (unpaired) electrons. The van der Waals surface area contributed by atoms with E-state index in [1.165, 1.54) is 34.6 Å². The number of fused-ring (bicyclic) bond motifs is 1. The van der Waals surface area contributed by atoms with Crippen molar-refractivity contribution in [2.45, 2.75) is 26.5 Å². The number of hydrogen-bond donors (Lipinski definition) is 0. The van der Waals surface area contributed by atoms with Gasteiger partial charge in [0.1, 0.15) is 12.4 Å². The summed E-state index contributed by atoms with van der Waals surface area (Å²) in [5.41, 5.74) is 1.57. The van der Waals surface area contributed by atoms with E-state index in [9.17, 15) is 18.8 Å². The Bertz CT molecular complexity index is 1340. The molecule has 32 heavy (non-hydrogen) atoms. The van der Waals surface area contributed by atoms with Gasteiger partial charge in [-0.1, -0.05) is 24.3 Å². The Hall–Kier alpha value is -3.79. The molecule has 0 spiro atoms. The molecule has 2 heterocycles. The number of oxazole rings is 1. The molecule has 2 aromatic heterocycles. The van der Waals surface area contributed by atoms with Crippen LogP contribution in [0.5, 0.6) is 0 Å². The van der Waals surface area contributed by atoms with Gasteiger partial charge < -0.3 is 9.15 Å². The molecule has 0 unspecified atom stereocenters. The molecule has 10 heteroatoms. The second kappa shape index (κ2) is 9.15. The van der Waals surface area contributed by atoms with Crippen molar-refractivity contribution in [3.8, 4) is 0 Å². The van der Waals surface area contributed by atoms with Gasteiger partial charge in [0.25, 0.3) is 0 Å². The number of carbonyl (C=O) groups is 2. The maximum absolute atomic E-state index is 14.2. The van der Waals surface area contributed by atoms with E-state index in [2.05, 4.69) is 4.98 Å². The molecule has 8 nitrogen and oxygen atoms in total. The molecular weight excluding hydrogens is 437 g/mol. The minimum absolute atomic E-state index is 0.0325. The third-order valence-corrected chi connectivity index (χ3v) is 5.51. The summed E-state index contributed by atoms with van der Waals surface area (Å²) in [4.78, 5) is 41.7. The molecule has 1 amide bonds. The van der Waals surface area contributed by atoms with Crippen LogP contribution in [0.25, 0.3) is 11.1 Å². The minimum atomic E-state index is -0.548. The van der Waals surface area contributed by atoms with Gasteiger partial charge >= 0.3 is 11.7 Å². The fourth-order valence-corrected chi connectivity index (χ4v) is 4.03. The quantitative estimate of drug-likeness (QED) is 0.391. The lowest BCUT2D eigenvalue weighted by molar-refractivity contribution is -0.145. The van der Waals surface area contributed by atoms with E-state index in [1.54, 1.807) is 35.7 Å². The Morgan fingerprint density at radius 1 is 1.19 bits per heavy atom. The fourth-order valence-electron chi connectivity index (χ4n) is 3.16. The van der Waals surface area contributed by atoms with E-state index in [0.29, 0.717) is 16.8 Å². The predicted octanol–water partition coefficient (Wildman–Crippen LogP) is 4.01. The van der Waals surface area contributed by atoms with Crippen LogP contribution in [0, 0.1) is 5.82 Å². The number of aromatic nitrogens is 2. The highest BCUT2D eigenvalue weighted by atomic mass is 32.1. The summed E-state index contributed by atoms with van der Waals surface area (Å²) in [5, 5.41) is 1.90. The number of ether oxygens (including phenoxy) is 1. The Kier molecular flexibility index (Phi) is 6.13. The Labute approximate surface area is 185 Å². The van der Waals surface area contributed by atoms with Gasteiger partial charge in [-0.15, -0.1) is 11.3 Å². The summed E-state index contributed by atoms with van der Waals surface area (Å²) >= 11 is 1.13. The lowest BCUT2D eigenvalue weighted by Gasteiger charge is -2.18. The second-order valence-electron chi connectivity index (χ2n) is 6.83. The van der Waals surface area contributed by atoms with Crippen LogP contribution in [0.2, 0.25) is 0 Å². The number of nitrogens with zero attached hydrogens (tertiary/aromatic N) is 3. The van der Waals surface area contributed by atoms with Gasteiger partial charge in [-0.05, 0) is 24.3 Å². The average molecular weight is 455 g/mol. The first kappa shape index (κ1) is 21.4. The standard InChI is InChI=1S/C22H18FN3O5S/c1-14(27)26(17-7-3-2-6-16(17)23)21-24-15(13-32-21)12-30-20(28)10-11-25-18-8-4-5-9-19(18)31-22(25)29/h2-9,13H,10-12H2,1H3. The molecule has 0 N–H and O–H groups in total. The highest BCUT2D eigenvalue weighted by Gasteiger charge is 2.21. The SMILES string of the molecule is CC(=O)N(c1nc(COC(=O)CCn2c(=O)oc3ccccc32)cs1)c1ccccc1F. The van der Waals surface area contributed by atoms with Crippen molar-refractivity contribution in [1.82, 2.24) is 9.55 Å². The largest absolute Gasteiger partial charge is 0.459 e. The average Bonchev–Trinajstić information content (AvgIpc) is 3.36. The molecular formula is C22H18FN3O5S. The number of halogens is 1. The van der Waals surface area contributed by atoms with Crippen LogP contribution < -0.4 is 10.7 Å². The third-order valence-electron chi connectivity index (χ3n) is 4.63. The van der Waals surface area contributed by atoms with Crippen LogP contribution in [0.1, 0.15) is 19.0 Å². The lowest BCUT2D eigenvalue weighted by Crippen LogP contribution is -2.23. The summed E-state index contributed by atoms with van der Waals surface area (Å²) in [7, 11) is 0. The molecule has 0 atom stereocenters. The highest BCUT2D eigenvalue weighted by molar-refractivity contribution is 7.14. The Morgan fingerprint density at radius 2 is 1.94 bits per heavy atom. The van der Waals surface area contributed by atoms with E-state index in [4.69, 9.17) is 9.15 Å². The number of rotatable bonds is 7. The predicted molar refractivity (Wildman–Crippen MR) is 116 cm³/mol. The van der Waals surface area contributed by atoms with Gasteiger partial charge in [0.05, 0.1) is 23.3 Å². The Morgan fingerprint density at radius 3 is 2.72 bits per heavy atom. The molecule has 0 aliphatic heterocycles. The van der Waals surface area contributed by atoms with E-state index in [-0.39, 0.29) is 30.4 Å². The van der Waals surface area contributed by atoms with Gasteiger partial charge in [-0.25, -0.2) is 14.2 Å². The maximum atomic E-state index is 14.2. The third kappa shape index (κ3) is 4.45. The van der Waals surface area contributed by atoms with Crippen LogP contribution in [-0.4, -0.2) is 21.4 Å². The number of anilines is 2. The summed E-state index contributed by atoms with van der Waals surface area (Å²) in [6.45, 7) is 1.32. The van der Waals surface area contributed by atoms with Crippen LogP contribution in [-0.2, 0) is 27.5 Å². The molecule has 0 saturated heterocycles. The van der Waals surface area contributed by atoms with Gasteiger partial charge in [0.2, 0.25) is 5.91 Å². The first-order valence-electron chi connectivity index (χ1n) is 9.67. The fraction of sp³-hybridized carbons (Fsp3) is 0.182. The molecule has 2 aromatic carbocycles. The second-order valence-corrected chi connectivity index (χ2v) is 7.66. The van der Waals surface area contributed by atoms with Crippen molar-refractivity contribution in [1.29, 1.82) is 0 Å². The number of aryl methyl sites for hydroxylation is 1. The highest BCUT2D eigenvalue weighted by Crippen LogP contribution is 2.30. The summed E-state index contributed by atoms with van der Waals surface area (Å²) in [5.74, 6) is -2.01. The van der Waals surface area contributed by atoms with Crippen LogP contribution in [0.15, 0.2) is 63.1 Å². The molecule has 0 fully saturated rings. The molecule has 0 aliphatic carbocycles. The zero-order chi connectivity index (χ0) is 22.7. The molecule has 0 aliphatic rings.